The quantitative estimate of drug-likeness (QED) is 0.723. The Labute approximate surface area is 77.5 Å². The highest BCUT2D eigenvalue weighted by Crippen LogP contribution is 2.21. The summed E-state index contributed by atoms with van der Waals surface area (Å²) in [6.45, 7) is 4.65. The van der Waals surface area contributed by atoms with Crippen molar-refractivity contribution < 1.29 is 4.74 Å². The Morgan fingerprint density at radius 3 is 2.92 bits per heavy atom. The molecule has 0 aromatic carbocycles. The van der Waals surface area contributed by atoms with Gasteiger partial charge in [-0.05, 0) is 25.0 Å². The maximum absolute atomic E-state index is 5.88. The Hall–Kier alpha value is -0.760. The van der Waals surface area contributed by atoms with E-state index in [1.54, 1.807) is 6.20 Å². The fourth-order valence-corrected chi connectivity index (χ4v) is 1.10. The van der Waals surface area contributed by atoms with Crippen molar-refractivity contribution in [1.82, 2.24) is 4.98 Å². The van der Waals surface area contributed by atoms with E-state index in [0.29, 0.717) is 17.5 Å². The lowest BCUT2D eigenvalue weighted by molar-refractivity contribution is 0.305. The van der Waals surface area contributed by atoms with Gasteiger partial charge in [-0.1, -0.05) is 18.5 Å². The summed E-state index contributed by atoms with van der Waals surface area (Å²) < 4.78 is 5.30. The second-order valence-electron chi connectivity index (χ2n) is 2.65. The van der Waals surface area contributed by atoms with E-state index >= 15 is 0 Å². The Bertz CT molecular complexity index is 263. The normalized spacial score (nSPS) is 9.92. The van der Waals surface area contributed by atoms with Gasteiger partial charge in [0.25, 0.3) is 0 Å². The number of nitrogens with zero attached hydrogens (tertiary/aromatic N) is 1. The van der Waals surface area contributed by atoms with Crippen LogP contribution in [0.25, 0.3) is 0 Å². The monoisotopic (exact) mass is 185 g/mol. The molecule has 1 heterocycles. The molecule has 12 heavy (non-hydrogen) atoms. The molecule has 0 aliphatic carbocycles. The van der Waals surface area contributed by atoms with Crippen molar-refractivity contribution in [2.24, 2.45) is 0 Å². The number of pyridine rings is 1. The molecule has 0 spiro atoms. The number of aromatic nitrogens is 1. The molecule has 0 bridgehead atoms. The zero-order valence-corrected chi connectivity index (χ0v) is 8.06. The van der Waals surface area contributed by atoms with Gasteiger partial charge in [0.05, 0.1) is 6.61 Å². The van der Waals surface area contributed by atoms with Crippen LogP contribution in [0.5, 0.6) is 5.88 Å². The third-order valence-corrected chi connectivity index (χ3v) is 1.66. The number of hydrogen-bond acceptors (Lipinski definition) is 2. The highest BCUT2D eigenvalue weighted by molar-refractivity contribution is 6.31. The predicted octanol–water partition coefficient (Wildman–Crippen LogP) is 2.83. The molecule has 3 heteroatoms. The van der Waals surface area contributed by atoms with Crippen molar-refractivity contribution in [1.29, 1.82) is 0 Å². The third kappa shape index (κ3) is 2.38. The van der Waals surface area contributed by atoms with Crippen LogP contribution < -0.4 is 4.74 Å². The van der Waals surface area contributed by atoms with E-state index in [1.165, 1.54) is 0 Å². The Morgan fingerprint density at radius 1 is 1.58 bits per heavy atom. The van der Waals surface area contributed by atoms with Gasteiger partial charge in [0, 0.05) is 6.20 Å². The Kier molecular flexibility index (Phi) is 3.35. The van der Waals surface area contributed by atoms with Crippen molar-refractivity contribution in [2.75, 3.05) is 6.61 Å². The topological polar surface area (TPSA) is 22.1 Å². The SMILES string of the molecule is CCCOc1ncc(C)cc1Cl. The van der Waals surface area contributed by atoms with E-state index < -0.39 is 0 Å². The van der Waals surface area contributed by atoms with Gasteiger partial charge in [-0.2, -0.15) is 0 Å². The number of rotatable bonds is 3. The van der Waals surface area contributed by atoms with E-state index in [-0.39, 0.29) is 0 Å². The van der Waals surface area contributed by atoms with Crippen LogP contribution >= 0.6 is 11.6 Å². The van der Waals surface area contributed by atoms with Gasteiger partial charge in [0.2, 0.25) is 5.88 Å². The molecule has 1 aromatic heterocycles. The van der Waals surface area contributed by atoms with Crippen LogP contribution in [-0.2, 0) is 0 Å². The van der Waals surface area contributed by atoms with Crippen LogP contribution in [0.2, 0.25) is 5.02 Å². The second kappa shape index (κ2) is 4.31. The molecule has 66 valence electrons. The molecule has 0 aliphatic rings. The van der Waals surface area contributed by atoms with Crippen LogP contribution in [0.15, 0.2) is 12.3 Å². The Morgan fingerprint density at radius 2 is 2.33 bits per heavy atom. The first-order valence-corrected chi connectivity index (χ1v) is 4.36. The molecule has 0 fully saturated rings. The summed E-state index contributed by atoms with van der Waals surface area (Å²) in [4.78, 5) is 4.06. The number of hydrogen-bond donors (Lipinski definition) is 0. The lowest BCUT2D eigenvalue weighted by Crippen LogP contribution is -1.97. The summed E-state index contributed by atoms with van der Waals surface area (Å²) in [7, 11) is 0. The van der Waals surface area contributed by atoms with E-state index in [1.807, 2.05) is 19.9 Å². The van der Waals surface area contributed by atoms with E-state index in [2.05, 4.69) is 4.98 Å². The first-order chi connectivity index (χ1) is 5.74. The molecule has 0 unspecified atom stereocenters. The zero-order valence-electron chi connectivity index (χ0n) is 7.30. The smallest absolute Gasteiger partial charge is 0.232 e. The molecule has 1 aromatic rings. The molecule has 0 amide bonds. The van der Waals surface area contributed by atoms with Gasteiger partial charge in [0.15, 0.2) is 0 Å². The lowest BCUT2D eigenvalue weighted by Gasteiger charge is -2.04. The van der Waals surface area contributed by atoms with Gasteiger partial charge < -0.3 is 4.74 Å². The van der Waals surface area contributed by atoms with Crippen molar-refractivity contribution >= 4 is 11.6 Å². The maximum Gasteiger partial charge on any atom is 0.232 e. The largest absolute Gasteiger partial charge is 0.477 e. The summed E-state index contributed by atoms with van der Waals surface area (Å²) in [5.74, 6) is 0.532. The minimum atomic E-state index is 0.532. The summed E-state index contributed by atoms with van der Waals surface area (Å²) in [5.41, 5.74) is 1.05. The predicted molar refractivity (Wildman–Crippen MR) is 49.8 cm³/mol. The summed E-state index contributed by atoms with van der Waals surface area (Å²) in [5, 5.41) is 0.587. The van der Waals surface area contributed by atoms with Crippen molar-refractivity contribution in [3.05, 3.63) is 22.8 Å². The van der Waals surface area contributed by atoms with E-state index in [4.69, 9.17) is 16.3 Å². The van der Waals surface area contributed by atoms with Gasteiger partial charge in [-0.25, -0.2) is 4.98 Å². The zero-order chi connectivity index (χ0) is 8.97. The summed E-state index contributed by atoms with van der Waals surface area (Å²) >= 11 is 5.88. The molecular weight excluding hydrogens is 174 g/mol. The molecule has 1 rings (SSSR count). The first-order valence-electron chi connectivity index (χ1n) is 3.99. The van der Waals surface area contributed by atoms with E-state index in [0.717, 1.165) is 12.0 Å². The van der Waals surface area contributed by atoms with E-state index in [9.17, 15) is 0 Å². The molecule has 0 saturated carbocycles. The molecule has 0 radical (unpaired) electrons. The molecular formula is C9H12ClNO. The van der Waals surface area contributed by atoms with Gasteiger partial charge >= 0.3 is 0 Å². The molecule has 0 N–H and O–H groups in total. The minimum absolute atomic E-state index is 0.532. The van der Waals surface area contributed by atoms with Crippen LogP contribution in [-0.4, -0.2) is 11.6 Å². The maximum atomic E-state index is 5.88. The second-order valence-corrected chi connectivity index (χ2v) is 3.06. The standard InChI is InChI=1S/C9H12ClNO/c1-3-4-12-9-8(10)5-7(2)6-11-9/h5-6H,3-4H2,1-2H3. The average Bonchev–Trinajstić information content (AvgIpc) is 2.03. The van der Waals surface area contributed by atoms with Gasteiger partial charge in [0.1, 0.15) is 5.02 Å². The van der Waals surface area contributed by atoms with Crippen molar-refractivity contribution in [3.8, 4) is 5.88 Å². The average molecular weight is 186 g/mol. The van der Waals surface area contributed by atoms with Crippen molar-refractivity contribution in [3.63, 3.8) is 0 Å². The first kappa shape index (κ1) is 9.33. The molecule has 2 nitrogen and oxygen atoms in total. The van der Waals surface area contributed by atoms with Crippen LogP contribution in [0.3, 0.4) is 0 Å². The minimum Gasteiger partial charge on any atom is -0.477 e. The Balaban J connectivity index is 2.72. The van der Waals surface area contributed by atoms with Gasteiger partial charge in [-0.15, -0.1) is 0 Å². The fourth-order valence-electron chi connectivity index (χ4n) is 0.826. The summed E-state index contributed by atoms with van der Waals surface area (Å²) in [6, 6.07) is 1.85. The lowest BCUT2D eigenvalue weighted by atomic mass is 10.3. The number of ether oxygens (including phenoxy) is 1. The van der Waals surface area contributed by atoms with Gasteiger partial charge in [-0.3, -0.25) is 0 Å². The number of halogens is 1. The summed E-state index contributed by atoms with van der Waals surface area (Å²) in [6.07, 6.45) is 2.71. The molecule has 0 atom stereocenters. The molecule has 0 saturated heterocycles. The number of aryl methyl sites for hydroxylation is 1. The fraction of sp³-hybridized carbons (Fsp3) is 0.444. The highest BCUT2D eigenvalue weighted by atomic mass is 35.5. The van der Waals surface area contributed by atoms with Crippen LogP contribution in [0.1, 0.15) is 18.9 Å². The van der Waals surface area contributed by atoms with Crippen LogP contribution in [0.4, 0.5) is 0 Å². The van der Waals surface area contributed by atoms with Crippen LogP contribution in [0, 0.1) is 6.92 Å². The van der Waals surface area contributed by atoms with Crippen molar-refractivity contribution in [2.45, 2.75) is 20.3 Å². The molecule has 0 aliphatic heterocycles. The third-order valence-electron chi connectivity index (χ3n) is 1.39. The highest BCUT2D eigenvalue weighted by Gasteiger charge is 2.01.